The lowest BCUT2D eigenvalue weighted by atomic mass is 10.1. The lowest BCUT2D eigenvalue weighted by Gasteiger charge is -2.11. The van der Waals surface area contributed by atoms with Gasteiger partial charge in [-0.1, -0.05) is 24.3 Å². The monoisotopic (exact) mass is 219 g/mol. The number of phenolic OH excluding ortho intramolecular Hbond substituents is 1. The number of carbonyl (C=O) groups is 1. The Bertz CT molecular complexity index is 374. The maximum absolute atomic E-state index is 11.6. The molecule has 1 aromatic rings. The van der Waals surface area contributed by atoms with E-state index in [9.17, 15) is 9.90 Å². The highest BCUT2D eigenvalue weighted by Crippen LogP contribution is 2.15. The Balaban J connectivity index is 2.52. The van der Waals surface area contributed by atoms with Crippen molar-refractivity contribution in [1.29, 1.82) is 0 Å². The summed E-state index contributed by atoms with van der Waals surface area (Å²) in [6.07, 6.45) is 2.71. The van der Waals surface area contributed by atoms with Gasteiger partial charge in [-0.15, -0.1) is 6.58 Å². The Kier molecular flexibility index (Phi) is 4.58. The molecule has 1 aromatic carbocycles. The van der Waals surface area contributed by atoms with E-state index in [1.165, 1.54) is 0 Å². The SMILES string of the molecule is C=CCC(C)NC(=O)Cc1ccccc1O. The minimum atomic E-state index is -0.0872. The van der Waals surface area contributed by atoms with E-state index in [4.69, 9.17) is 0 Å². The highest BCUT2D eigenvalue weighted by atomic mass is 16.3. The Morgan fingerprint density at radius 2 is 2.25 bits per heavy atom. The van der Waals surface area contributed by atoms with Crippen molar-refractivity contribution in [3.05, 3.63) is 42.5 Å². The molecule has 0 aliphatic carbocycles. The quantitative estimate of drug-likeness (QED) is 0.744. The van der Waals surface area contributed by atoms with E-state index < -0.39 is 0 Å². The lowest BCUT2D eigenvalue weighted by molar-refractivity contribution is -0.121. The second kappa shape index (κ2) is 5.95. The molecule has 16 heavy (non-hydrogen) atoms. The highest BCUT2D eigenvalue weighted by Gasteiger charge is 2.09. The van der Waals surface area contributed by atoms with Crippen LogP contribution >= 0.6 is 0 Å². The van der Waals surface area contributed by atoms with Gasteiger partial charge in [0.05, 0.1) is 6.42 Å². The number of nitrogens with one attached hydrogen (secondary N) is 1. The third-order valence-corrected chi connectivity index (χ3v) is 2.27. The van der Waals surface area contributed by atoms with E-state index in [1.54, 1.807) is 30.3 Å². The van der Waals surface area contributed by atoms with Crippen LogP contribution in [0.4, 0.5) is 0 Å². The molecule has 0 heterocycles. The Labute approximate surface area is 95.8 Å². The number of hydrogen-bond donors (Lipinski definition) is 2. The number of hydrogen-bond acceptors (Lipinski definition) is 2. The summed E-state index contributed by atoms with van der Waals surface area (Å²) in [5.74, 6) is 0.0740. The van der Waals surface area contributed by atoms with Crippen LogP contribution in [0.2, 0.25) is 0 Å². The van der Waals surface area contributed by atoms with Crippen molar-refractivity contribution in [2.75, 3.05) is 0 Å². The van der Waals surface area contributed by atoms with E-state index in [0.717, 1.165) is 6.42 Å². The van der Waals surface area contributed by atoms with Gasteiger partial charge < -0.3 is 10.4 Å². The number of benzene rings is 1. The number of para-hydroxylation sites is 1. The molecule has 0 aliphatic rings. The van der Waals surface area contributed by atoms with Gasteiger partial charge in [-0.3, -0.25) is 4.79 Å². The smallest absolute Gasteiger partial charge is 0.224 e. The zero-order valence-electron chi connectivity index (χ0n) is 9.44. The van der Waals surface area contributed by atoms with Crippen LogP contribution in [0.5, 0.6) is 5.75 Å². The molecule has 0 saturated carbocycles. The summed E-state index contributed by atoms with van der Waals surface area (Å²) in [5, 5.41) is 12.3. The number of rotatable bonds is 5. The van der Waals surface area contributed by atoms with Gasteiger partial charge in [0.15, 0.2) is 0 Å². The molecule has 3 heteroatoms. The molecule has 1 unspecified atom stereocenters. The molecule has 0 spiro atoms. The van der Waals surface area contributed by atoms with Gasteiger partial charge in [0.2, 0.25) is 5.91 Å². The predicted octanol–water partition coefficient (Wildman–Crippen LogP) is 2.02. The van der Waals surface area contributed by atoms with Gasteiger partial charge in [0.25, 0.3) is 0 Å². The van der Waals surface area contributed by atoms with E-state index in [-0.39, 0.29) is 24.1 Å². The predicted molar refractivity (Wildman–Crippen MR) is 64.2 cm³/mol. The minimum Gasteiger partial charge on any atom is -0.508 e. The van der Waals surface area contributed by atoms with Gasteiger partial charge in [-0.05, 0) is 19.4 Å². The van der Waals surface area contributed by atoms with Crippen molar-refractivity contribution in [3.8, 4) is 5.75 Å². The fourth-order valence-corrected chi connectivity index (χ4v) is 1.47. The van der Waals surface area contributed by atoms with Crippen LogP contribution in [0.25, 0.3) is 0 Å². The molecule has 0 aromatic heterocycles. The first-order valence-corrected chi connectivity index (χ1v) is 5.30. The fraction of sp³-hybridized carbons (Fsp3) is 0.308. The normalized spacial score (nSPS) is 11.8. The Morgan fingerprint density at radius 1 is 1.56 bits per heavy atom. The molecular weight excluding hydrogens is 202 g/mol. The average Bonchev–Trinajstić information content (AvgIpc) is 2.21. The zero-order chi connectivity index (χ0) is 12.0. The van der Waals surface area contributed by atoms with Crippen LogP contribution in [-0.2, 0) is 11.2 Å². The van der Waals surface area contributed by atoms with E-state index in [1.807, 2.05) is 6.92 Å². The molecule has 1 rings (SSSR count). The van der Waals surface area contributed by atoms with E-state index in [2.05, 4.69) is 11.9 Å². The van der Waals surface area contributed by atoms with Crippen molar-refractivity contribution in [2.24, 2.45) is 0 Å². The molecule has 0 fully saturated rings. The van der Waals surface area contributed by atoms with Crippen LogP contribution < -0.4 is 5.32 Å². The molecule has 0 radical (unpaired) electrons. The average molecular weight is 219 g/mol. The van der Waals surface area contributed by atoms with E-state index in [0.29, 0.717) is 5.56 Å². The van der Waals surface area contributed by atoms with Gasteiger partial charge in [-0.25, -0.2) is 0 Å². The first kappa shape index (κ1) is 12.3. The minimum absolute atomic E-state index is 0.0795. The standard InChI is InChI=1S/C13H17NO2/c1-3-6-10(2)14-13(16)9-11-7-4-5-8-12(11)15/h3-5,7-8,10,15H,1,6,9H2,2H3,(H,14,16). The Hall–Kier alpha value is -1.77. The van der Waals surface area contributed by atoms with Gasteiger partial charge in [0, 0.05) is 11.6 Å². The second-order valence-corrected chi connectivity index (χ2v) is 3.80. The maximum Gasteiger partial charge on any atom is 0.224 e. The summed E-state index contributed by atoms with van der Waals surface area (Å²) in [6, 6.07) is 6.94. The number of phenols is 1. The van der Waals surface area contributed by atoms with Crippen molar-refractivity contribution < 1.29 is 9.90 Å². The van der Waals surface area contributed by atoms with Crippen molar-refractivity contribution in [2.45, 2.75) is 25.8 Å². The topological polar surface area (TPSA) is 49.3 Å². The maximum atomic E-state index is 11.6. The molecule has 0 bridgehead atoms. The van der Waals surface area contributed by atoms with Crippen molar-refractivity contribution in [1.82, 2.24) is 5.32 Å². The molecule has 0 aliphatic heterocycles. The largest absolute Gasteiger partial charge is 0.508 e. The summed E-state index contributed by atoms with van der Waals surface area (Å²) in [6.45, 7) is 5.54. The third kappa shape index (κ3) is 3.77. The Morgan fingerprint density at radius 3 is 2.88 bits per heavy atom. The fourth-order valence-electron chi connectivity index (χ4n) is 1.47. The van der Waals surface area contributed by atoms with Crippen molar-refractivity contribution >= 4 is 5.91 Å². The van der Waals surface area contributed by atoms with Gasteiger partial charge >= 0.3 is 0 Å². The van der Waals surface area contributed by atoms with Crippen molar-refractivity contribution in [3.63, 3.8) is 0 Å². The molecular formula is C13H17NO2. The first-order valence-electron chi connectivity index (χ1n) is 5.30. The van der Waals surface area contributed by atoms with Gasteiger partial charge in [-0.2, -0.15) is 0 Å². The van der Waals surface area contributed by atoms with Crippen LogP contribution in [0.3, 0.4) is 0 Å². The lowest BCUT2D eigenvalue weighted by Crippen LogP contribution is -2.33. The van der Waals surface area contributed by atoms with Crippen LogP contribution in [-0.4, -0.2) is 17.1 Å². The summed E-state index contributed by atoms with van der Waals surface area (Å²) in [7, 11) is 0. The number of aromatic hydroxyl groups is 1. The molecule has 86 valence electrons. The van der Waals surface area contributed by atoms with E-state index >= 15 is 0 Å². The number of amides is 1. The molecule has 1 amide bonds. The van der Waals surface area contributed by atoms with Gasteiger partial charge in [0.1, 0.15) is 5.75 Å². The van der Waals surface area contributed by atoms with Crippen LogP contribution in [0.15, 0.2) is 36.9 Å². The highest BCUT2D eigenvalue weighted by molar-refractivity contribution is 5.79. The molecule has 3 nitrogen and oxygen atoms in total. The summed E-state index contributed by atoms with van der Waals surface area (Å²) in [5.41, 5.74) is 0.644. The zero-order valence-corrected chi connectivity index (χ0v) is 9.44. The van der Waals surface area contributed by atoms with Crippen LogP contribution in [0, 0.1) is 0 Å². The molecule has 1 atom stereocenters. The molecule has 2 N–H and O–H groups in total. The summed E-state index contributed by atoms with van der Waals surface area (Å²) < 4.78 is 0. The summed E-state index contributed by atoms with van der Waals surface area (Å²) >= 11 is 0. The first-order chi connectivity index (χ1) is 7.63. The molecule has 0 saturated heterocycles. The summed E-state index contributed by atoms with van der Waals surface area (Å²) in [4.78, 5) is 11.6. The third-order valence-electron chi connectivity index (χ3n) is 2.27. The second-order valence-electron chi connectivity index (χ2n) is 3.80. The van der Waals surface area contributed by atoms with Crippen LogP contribution in [0.1, 0.15) is 18.9 Å². The number of carbonyl (C=O) groups excluding carboxylic acids is 1.